The molecule has 2 rings (SSSR count). The van der Waals surface area contributed by atoms with E-state index in [1.165, 1.54) is 23.7 Å². The van der Waals surface area contributed by atoms with Crippen LogP contribution in [0.2, 0.25) is 0 Å². The summed E-state index contributed by atoms with van der Waals surface area (Å²) in [6.07, 6.45) is 3.86. The first-order chi connectivity index (χ1) is 6.45. The zero-order valence-electron chi connectivity index (χ0n) is 7.61. The van der Waals surface area contributed by atoms with Gasteiger partial charge in [-0.3, -0.25) is 0 Å². The summed E-state index contributed by atoms with van der Waals surface area (Å²) in [6, 6.07) is 10.7. The molecule has 1 atom stereocenters. The molecule has 1 saturated heterocycles. The fraction of sp³-hybridized carbons (Fsp3) is 0.455. The molecule has 0 radical (unpaired) electrons. The van der Waals surface area contributed by atoms with Gasteiger partial charge < -0.3 is 0 Å². The molecule has 1 unspecified atom stereocenters. The molecule has 1 heterocycles. The Balaban J connectivity index is 1.90. The van der Waals surface area contributed by atoms with E-state index in [0.29, 0.717) is 20.0 Å². The van der Waals surface area contributed by atoms with Crippen molar-refractivity contribution in [2.45, 2.75) is 24.3 Å². The zero-order chi connectivity index (χ0) is 8.93. The molecule has 0 aliphatic carbocycles. The second-order valence-electron chi connectivity index (χ2n) is 3.23. The SMILES string of the molecule is c1ccc([Se]C2CCCCO2)cc1. The van der Waals surface area contributed by atoms with E-state index in [2.05, 4.69) is 30.3 Å². The molecule has 0 aromatic heterocycles. The maximum atomic E-state index is 5.71. The Hall–Kier alpha value is -0.301. The number of hydrogen-bond acceptors (Lipinski definition) is 1. The average Bonchev–Trinajstić information content (AvgIpc) is 2.21. The van der Waals surface area contributed by atoms with E-state index < -0.39 is 0 Å². The van der Waals surface area contributed by atoms with Crippen molar-refractivity contribution in [2.75, 3.05) is 6.61 Å². The van der Waals surface area contributed by atoms with Gasteiger partial charge in [-0.15, -0.1) is 0 Å². The van der Waals surface area contributed by atoms with Gasteiger partial charge in [0.15, 0.2) is 0 Å². The Labute approximate surface area is 85.6 Å². The summed E-state index contributed by atoms with van der Waals surface area (Å²) < 4.78 is 7.17. The summed E-state index contributed by atoms with van der Waals surface area (Å²) in [5.74, 6) is 0. The normalized spacial score (nSPS) is 22.9. The summed E-state index contributed by atoms with van der Waals surface area (Å²) in [5, 5.41) is 0.531. The molecule has 1 aliphatic rings. The van der Waals surface area contributed by atoms with Gasteiger partial charge in [-0.2, -0.15) is 0 Å². The molecular weight excluding hydrogens is 227 g/mol. The minimum absolute atomic E-state index is 0.516. The van der Waals surface area contributed by atoms with Crippen LogP contribution >= 0.6 is 0 Å². The van der Waals surface area contributed by atoms with Gasteiger partial charge >= 0.3 is 85.4 Å². The van der Waals surface area contributed by atoms with Crippen LogP contribution in [0.3, 0.4) is 0 Å². The van der Waals surface area contributed by atoms with Crippen molar-refractivity contribution in [1.82, 2.24) is 0 Å². The summed E-state index contributed by atoms with van der Waals surface area (Å²) in [6.45, 7) is 0.971. The van der Waals surface area contributed by atoms with Gasteiger partial charge in [-0.25, -0.2) is 0 Å². The first-order valence-electron chi connectivity index (χ1n) is 4.78. The predicted octanol–water partition coefficient (Wildman–Crippen LogP) is 1.54. The van der Waals surface area contributed by atoms with Gasteiger partial charge in [-0.1, -0.05) is 0 Å². The Morgan fingerprint density at radius 1 is 1.15 bits per heavy atom. The van der Waals surface area contributed by atoms with E-state index in [4.69, 9.17) is 4.74 Å². The molecule has 1 nitrogen and oxygen atoms in total. The van der Waals surface area contributed by atoms with Crippen molar-refractivity contribution in [3.8, 4) is 0 Å². The van der Waals surface area contributed by atoms with Crippen LogP contribution in [0.15, 0.2) is 30.3 Å². The summed E-state index contributed by atoms with van der Waals surface area (Å²) >= 11 is 0.516. The van der Waals surface area contributed by atoms with Gasteiger partial charge in [0.05, 0.1) is 0 Å². The minimum atomic E-state index is 0.516. The average molecular weight is 241 g/mol. The van der Waals surface area contributed by atoms with Gasteiger partial charge in [0.1, 0.15) is 0 Å². The molecule has 70 valence electrons. The second kappa shape index (κ2) is 4.80. The summed E-state index contributed by atoms with van der Waals surface area (Å²) in [4.78, 5) is 0. The molecule has 13 heavy (non-hydrogen) atoms. The fourth-order valence-electron chi connectivity index (χ4n) is 1.45. The van der Waals surface area contributed by atoms with Crippen LogP contribution < -0.4 is 4.46 Å². The van der Waals surface area contributed by atoms with E-state index in [-0.39, 0.29) is 0 Å². The van der Waals surface area contributed by atoms with E-state index in [1.807, 2.05) is 0 Å². The molecule has 2 heteroatoms. The van der Waals surface area contributed by atoms with Crippen molar-refractivity contribution < 1.29 is 4.74 Å². The van der Waals surface area contributed by atoms with Crippen molar-refractivity contribution in [1.29, 1.82) is 0 Å². The molecule has 0 bridgehead atoms. The number of rotatable bonds is 2. The predicted molar refractivity (Wildman–Crippen MR) is 55.4 cm³/mol. The van der Waals surface area contributed by atoms with Crippen molar-refractivity contribution in [2.24, 2.45) is 0 Å². The topological polar surface area (TPSA) is 9.23 Å². The summed E-state index contributed by atoms with van der Waals surface area (Å²) in [7, 11) is 0. The fourth-order valence-corrected chi connectivity index (χ4v) is 3.69. The van der Waals surface area contributed by atoms with Crippen LogP contribution in [-0.2, 0) is 4.74 Å². The van der Waals surface area contributed by atoms with Crippen LogP contribution in [0, 0.1) is 0 Å². The van der Waals surface area contributed by atoms with E-state index >= 15 is 0 Å². The zero-order valence-corrected chi connectivity index (χ0v) is 9.32. The van der Waals surface area contributed by atoms with Crippen molar-refractivity contribution >= 4 is 19.4 Å². The molecular formula is C11H14OSe. The Morgan fingerprint density at radius 3 is 2.69 bits per heavy atom. The molecule has 1 fully saturated rings. The Kier molecular flexibility index (Phi) is 3.42. The first-order valence-corrected chi connectivity index (χ1v) is 6.63. The molecule has 1 aliphatic heterocycles. The van der Waals surface area contributed by atoms with Crippen LogP contribution in [0.25, 0.3) is 0 Å². The third-order valence-electron chi connectivity index (χ3n) is 2.15. The van der Waals surface area contributed by atoms with Crippen LogP contribution in [0.1, 0.15) is 19.3 Å². The molecule has 0 N–H and O–H groups in total. The van der Waals surface area contributed by atoms with Crippen LogP contribution in [-0.4, -0.2) is 26.6 Å². The van der Waals surface area contributed by atoms with Gasteiger partial charge in [-0.05, 0) is 0 Å². The van der Waals surface area contributed by atoms with Gasteiger partial charge in [0.2, 0.25) is 0 Å². The van der Waals surface area contributed by atoms with Gasteiger partial charge in [0, 0.05) is 0 Å². The monoisotopic (exact) mass is 242 g/mol. The molecule has 0 amide bonds. The van der Waals surface area contributed by atoms with Crippen molar-refractivity contribution in [3.63, 3.8) is 0 Å². The quantitative estimate of drug-likeness (QED) is 0.714. The Bertz CT molecular complexity index is 242. The third-order valence-corrected chi connectivity index (χ3v) is 4.62. The molecule has 1 aromatic carbocycles. The van der Waals surface area contributed by atoms with E-state index in [0.717, 1.165) is 6.61 Å². The first kappa shape index (κ1) is 9.26. The summed E-state index contributed by atoms with van der Waals surface area (Å²) in [5.41, 5.74) is 0. The number of benzene rings is 1. The van der Waals surface area contributed by atoms with Crippen LogP contribution in [0.4, 0.5) is 0 Å². The maximum absolute atomic E-state index is 5.71. The number of ether oxygens (including phenoxy) is 1. The third kappa shape index (κ3) is 2.84. The van der Waals surface area contributed by atoms with E-state index in [1.54, 1.807) is 0 Å². The molecule has 1 aromatic rings. The van der Waals surface area contributed by atoms with Gasteiger partial charge in [0.25, 0.3) is 0 Å². The Morgan fingerprint density at radius 2 is 2.00 bits per heavy atom. The van der Waals surface area contributed by atoms with E-state index in [9.17, 15) is 0 Å². The molecule has 0 spiro atoms. The van der Waals surface area contributed by atoms with Crippen molar-refractivity contribution in [3.05, 3.63) is 30.3 Å². The van der Waals surface area contributed by atoms with Crippen LogP contribution in [0.5, 0.6) is 0 Å². The number of hydrogen-bond donors (Lipinski definition) is 0. The standard InChI is InChI=1S/C11H14OSe/c1-2-6-10(7-3-1)13-11-8-4-5-9-12-11/h1-3,6-7,11H,4-5,8-9H2. The molecule has 0 saturated carbocycles. The second-order valence-corrected chi connectivity index (χ2v) is 5.81.